The highest BCUT2D eigenvalue weighted by Crippen LogP contribution is 2.19. The average molecular weight is 218 g/mol. The van der Waals surface area contributed by atoms with Crippen LogP contribution < -0.4 is 10.6 Å². The van der Waals surface area contributed by atoms with E-state index in [0.29, 0.717) is 6.42 Å². The first kappa shape index (κ1) is 11.1. The molecule has 0 aromatic heterocycles. The van der Waals surface area contributed by atoms with Crippen molar-refractivity contribution < 1.29 is 4.79 Å². The molecular formula is C13H18N2O. The average Bonchev–Trinajstić information content (AvgIpc) is 2.43. The third-order valence-corrected chi connectivity index (χ3v) is 3.01. The van der Waals surface area contributed by atoms with Crippen molar-refractivity contribution in [3.63, 3.8) is 0 Å². The van der Waals surface area contributed by atoms with Gasteiger partial charge in [0.1, 0.15) is 0 Å². The van der Waals surface area contributed by atoms with Gasteiger partial charge < -0.3 is 10.6 Å². The van der Waals surface area contributed by atoms with Crippen molar-refractivity contribution in [1.29, 1.82) is 0 Å². The van der Waals surface area contributed by atoms with Crippen molar-refractivity contribution >= 4 is 5.91 Å². The Labute approximate surface area is 96.2 Å². The molecule has 1 atom stereocenters. The van der Waals surface area contributed by atoms with Gasteiger partial charge in [-0.3, -0.25) is 4.79 Å². The van der Waals surface area contributed by atoms with Crippen molar-refractivity contribution in [3.05, 3.63) is 34.9 Å². The van der Waals surface area contributed by atoms with E-state index in [9.17, 15) is 4.79 Å². The summed E-state index contributed by atoms with van der Waals surface area (Å²) in [5.41, 5.74) is 3.72. The van der Waals surface area contributed by atoms with E-state index in [1.165, 1.54) is 16.7 Å². The SMILES string of the molecule is Cc1ccc(C2CNCCC(=O)N2)c(C)c1. The smallest absolute Gasteiger partial charge is 0.221 e. The van der Waals surface area contributed by atoms with Crippen LogP contribution in [0.5, 0.6) is 0 Å². The van der Waals surface area contributed by atoms with E-state index in [0.717, 1.165) is 13.1 Å². The zero-order valence-corrected chi connectivity index (χ0v) is 9.84. The number of amides is 1. The molecule has 0 bridgehead atoms. The summed E-state index contributed by atoms with van der Waals surface area (Å²) in [5.74, 6) is 0.134. The molecule has 1 aliphatic heterocycles. The highest BCUT2D eigenvalue weighted by Gasteiger charge is 2.18. The molecule has 0 spiro atoms. The minimum Gasteiger partial charge on any atom is -0.348 e. The van der Waals surface area contributed by atoms with Gasteiger partial charge in [0, 0.05) is 19.5 Å². The largest absolute Gasteiger partial charge is 0.348 e. The van der Waals surface area contributed by atoms with Crippen molar-refractivity contribution in [3.8, 4) is 0 Å². The van der Waals surface area contributed by atoms with Gasteiger partial charge in [0.15, 0.2) is 0 Å². The lowest BCUT2D eigenvalue weighted by atomic mass is 9.99. The van der Waals surface area contributed by atoms with E-state index < -0.39 is 0 Å². The molecule has 1 heterocycles. The van der Waals surface area contributed by atoms with Crippen molar-refractivity contribution in [2.45, 2.75) is 26.3 Å². The minimum atomic E-state index is 0.107. The summed E-state index contributed by atoms with van der Waals surface area (Å²) < 4.78 is 0. The van der Waals surface area contributed by atoms with E-state index in [1.54, 1.807) is 0 Å². The Bertz CT molecular complexity index is 401. The second-order valence-electron chi connectivity index (χ2n) is 4.43. The van der Waals surface area contributed by atoms with Crippen LogP contribution in [0.2, 0.25) is 0 Å². The summed E-state index contributed by atoms with van der Waals surface area (Å²) in [4.78, 5) is 11.5. The van der Waals surface area contributed by atoms with Gasteiger partial charge in [0.25, 0.3) is 0 Å². The Morgan fingerprint density at radius 2 is 2.12 bits per heavy atom. The van der Waals surface area contributed by atoms with E-state index in [2.05, 4.69) is 42.7 Å². The molecule has 1 aliphatic rings. The summed E-state index contributed by atoms with van der Waals surface area (Å²) in [5, 5.41) is 6.34. The third-order valence-electron chi connectivity index (χ3n) is 3.01. The van der Waals surface area contributed by atoms with Gasteiger partial charge >= 0.3 is 0 Å². The topological polar surface area (TPSA) is 41.1 Å². The molecule has 2 rings (SSSR count). The summed E-state index contributed by atoms with van der Waals surface area (Å²) in [6.45, 7) is 5.77. The predicted molar refractivity (Wildman–Crippen MR) is 64.3 cm³/mol. The maximum Gasteiger partial charge on any atom is 0.221 e. The van der Waals surface area contributed by atoms with Crippen LogP contribution in [0.25, 0.3) is 0 Å². The molecule has 1 aromatic rings. The molecule has 0 saturated carbocycles. The Morgan fingerprint density at radius 3 is 2.88 bits per heavy atom. The summed E-state index contributed by atoms with van der Waals surface area (Å²) in [6, 6.07) is 6.48. The molecule has 16 heavy (non-hydrogen) atoms. The van der Waals surface area contributed by atoms with E-state index in [1.807, 2.05) is 0 Å². The van der Waals surface area contributed by atoms with Gasteiger partial charge in [-0.15, -0.1) is 0 Å². The normalized spacial score (nSPS) is 21.4. The first-order valence-corrected chi connectivity index (χ1v) is 5.74. The predicted octanol–water partition coefficient (Wildman–Crippen LogP) is 1.45. The lowest BCUT2D eigenvalue weighted by molar-refractivity contribution is -0.121. The van der Waals surface area contributed by atoms with Gasteiger partial charge in [0.2, 0.25) is 5.91 Å². The van der Waals surface area contributed by atoms with Crippen LogP contribution in [0.4, 0.5) is 0 Å². The van der Waals surface area contributed by atoms with Crippen LogP contribution >= 0.6 is 0 Å². The molecule has 3 nitrogen and oxygen atoms in total. The fraction of sp³-hybridized carbons (Fsp3) is 0.462. The fourth-order valence-corrected chi connectivity index (χ4v) is 2.17. The van der Waals surface area contributed by atoms with Gasteiger partial charge in [-0.2, -0.15) is 0 Å². The maximum atomic E-state index is 11.5. The van der Waals surface area contributed by atoms with Gasteiger partial charge in [-0.05, 0) is 25.0 Å². The van der Waals surface area contributed by atoms with Crippen LogP contribution in [0.1, 0.15) is 29.2 Å². The van der Waals surface area contributed by atoms with Gasteiger partial charge in [-0.1, -0.05) is 23.8 Å². The Morgan fingerprint density at radius 1 is 1.31 bits per heavy atom. The number of benzene rings is 1. The maximum absolute atomic E-state index is 11.5. The van der Waals surface area contributed by atoms with Crippen LogP contribution in [0.3, 0.4) is 0 Å². The highest BCUT2D eigenvalue weighted by molar-refractivity contribution is 5.77. The van der Waals surface area contributed by atoms with Crippen molar-refractivity contribution in [2.24, 2.45) is 0 Å². The highest BCUT2D eigenvalue weighted by atomic mass is 16.1. The Balaban J connectivity index is 2.24. The Kier molecular flexibility index (Phi) is 3.25. The zero-order chi connectivity index (χ0) is 11.5. The van der Waals surface area contributed by atoms with E-state index >= 15 is 0 Å². The summed E-state index contributed by atoms with van der Waals surface area (Å²) in [6.07, 6.45) is 0.571. The molecule has 1 unspecified atom stereocenters. The fourth-order valence-electron chi connectivity index (χ4n) is 2.17. The van der Waals surface area contributed by atoms with Crippen LogP contribution in [-0.4, -0.2) is 19.0 Å². The molecule has 1 fully saturated rings. The van der Waals surface area contributed by atoms with Crippen LogP contribution in [0.15, 0.2) is 18.2 Å². The molecule has 0 radical (unpaired) electrons. The standard InChI is InChI=1S/C13H18N2O/c1-9-3-4-11(10(2)7-9)12-8-14-6-5-13(16)15-12/h3-4,7,12,14H,5-6,8H2,1-2H3,(H,15,16). The molecule has 0 aliphatic carbocycles. The molecule has 3 heteroatoms. The molecule has 2 N–H and O–H groups in total. The number of hydrogen-bond donors (Lipinski definition) is 2. The van der Waals surface area contributed by atoms with Crippen molar-refractivity contribution in [2.75, 3.05) is 13.1 Å². The monoisotopic (exact) mass is 218 g/mol. The van der Waals surface area contributed by atoms with Gasteiger partial charge in [-0.25, -0.2) is 0 Å². The summed E-state index contributed by atoms with van der Waals surface area (Å²) in [7, 11) is 0. The summed E-state index contributed by atoms with van der Waals surface area (Å²) >= 11 is 0. The third kappa shape index (κ3) is 2.42. The first-order valence-electron chi connectivity index (χ1n) is 5.74. The number of carbonyl (C=O) groups excluding carboxylic acids is 1. The van der Waals surface area contributed by atoms with E-state index in [4.69, 9.17) is 0 Å². The zero-order valence-electron chi connectivity index (χ0n) is 9.84. The van der Waals surface area contributed by atoms with Crippen LogP contribution in [-0.2, 0) is 4.79 Å². The number of hydrogen-bond acceptors (Lipinski definition) is 2. The quantitative estimate of drug-likeness (QED) is 0.749. The first-order chi connectivity index (χ1) is 7.66. The van der Waals surface area contributed by atoms with Crippen LogP contribution in [0, 0.1) is 13.8 Å². The molecule has 1 saturated heterocycles. The minimum absolute atomic E-state index is 0.107. The molecule has 86 valence electrons. The second kappa shape index (κ2) is 4.66. The molecule has 1 amide bonds. The number of rotatable bonds is 1. The van der Waals surface area contributed by atoms with Crippen molar-refractivity contribution in [1.82, 2.24) is 10.6 Å². The molecule has 1 aromatic carbocycles. The number of nitrogens with one attached hydrogen (secondary N) is 2. The number of carbonyl (C=O) groups is 1. The number of aryl methyl sites for hydroxylation is 2. The molecular weight excluding hydrogens is 200 g/mol. The Hall–Kier alpha value is -1.35. The second-order valence-corrected chi connectivity index (χ2v) is 4.43. The van der Waals surface area contributed by atoms with E-state index in [-0.39, 0.29) is 11.9 Å². The van der Waals surface area contributed by atoms with Gasteiger partial charge in [0.05, 0.1) is 6.04 Å². The lowest BCUT2D eigenvalue weighted by Gasteiger charge is -2.18. The lowest BCUT2D eigenvalue weighted by Crippen LogP contribution is -2.30.